The van der Waals surface area contributed by atoms with E-state index in [1.165, 1.54) is 13.8 Å². The van der Waals surface area contributed by atoms with Crippen molar-refractivity contribution in [3.63, 3.8) is 0 Å². The Morgan fingerprint density at radius 3 is 1.14 bits per heavy atom. The summed E-state index contributed by atoms with van der Waals surface area (Å²) in [5.41, 5.74) is 9.46. The van der Waals surface area contributed by atoms with Gasteiger partial charge >= 0.3 is 5.97 Å². The van der Waals surface area contributed by atoms with Gasteiger partial charge in [-0.25, -0.2) is 0 Å². The average molecular weight is 340 g/mol. The minimum absolute atomic E-state index is 0.0798. The van der Waals surface area contributed by atoms with Crippen molar-refractivity contribution in [3.05, 3.63) is 0 Å². The first-order valence-corrected chi connectivity index (χ1v) is 7.55. The van der Waals surface area contributed by atoms with Crippen LogP contribution >= 0.6 is 23.5 Å². The fourth-order valence-corrected chi connectivity index (χ4v) is 1.04. The molecule has 0 atom stereocenters. The number of carboxylic acid groups (broad SMARTS) is 1. The van der Waals surface area contributed by atoms with Crippen LogP contribution in [0.2, 0.25) is 0 Å². The van der Waals surface area contributed by atoms with Gasteiger partial charge in [-0.3, -0.25) is 24.0 Å². The molecule has 0 aromatic heterocycles. The number of carboxylic acids is 1. The SMILES string of the molecule is CC(=O)SCC(N)=O.CC(=O)SCC(N)=O.CCC(=O)O. The number of carbonyl (C=O) groups excluding carboxylic acids is 4. The van der Waals surface area contributed by atoms with E-state index in [1.54, 1.807) is 6.92 Å². The minimum Gasteiger partial charge on any atom is -0.481 e. The molecule has 5 N–H and O–H groups in total. The van der Waals surface area contributed by atoms with Crippen LogP contribution in [-0.4, -0.2) is 44.6 Å². The maximum absolute atomic E-state index is 10.1. The predicted molar refractivity (Wildman–Crippen MR) is 82.6 cm³/mol. The molecule has 8 nitrogen and oxygen atoms in total. The van der Waals surface area contributed by atoms with Gasteiger partial charge < -0.3 is 16.6 Å². The van der Waals surface area contributed by atoms with E-state index >= 15 is 0 Å². The van der Waals surface area contributed by atoms with E-state index in [9.17, 15) is 24.0 Å². The van der Waals surface area contributed by atoms with Crippen molar-refractivity contribution in [1.82, 2.24) is 0 Å². The Kier molecular flexibility index (Phi) is 19.2. The maximum Gasteiger partial charge on any atom is 0.303 e. The Morgan fingerprint density at radius 2 is 1.10 bits per heavy atom. The van der Waals surface area contributed by atoms with Crippen molar-refractivity contribution >= 4 is 51.5 Å². The first-order valence-electron chi connectivity index (χ1n) is 5.57. The van der Waals surface area contributed by atoms with Gasteiger partial charge in [0.1, 0.15) is 0 Å². The van der Waals surface area contributed by atoms with Crippen LogP contribution in [0.3, 0.4) is 0 Å². The Bertz CT molecular complexity index is 318. The Morgan fingerprint density at radius 1 is 0.857 bits per heavy atom. The molecule has 10 heteroatoms. The summed E-state index contributed by atoms with van der Waals surface area (Å²) < 4.78 is 0. The van der Waals surface area contributed by atoms with Crippen LogP contribution < -0.4 is 11.5 Å². The number of nitrogens with two attached hydrogens (primary N) is 2. The van der Waals surface area contributed by atoms with Crippen LogP contribution in [0, 0.1) is 0 Å². The topological polar surface area (TPSA) is 158 Å². The summed E-state index contributed by atoms with van der Waals surface area (Å²) in [5, 5.41) is 7.56. The Hall–Kier alpha value is -1.55. The molecular formula is C11H20N2O6S2. The number of hydrogen-bond acceptors (Lipinski definition) is 7. The standard InChI is InChI=1S/2C4H7NO2S.C3H6O2/c2*1-3(6)8-2-4(5)7;1-2-3(4)5/h2*2H2,1H3,(H2,5,7);2H2,1H3,(H,4,5). The third kappa shape index (κ3) is 45.7. The Balaban J connectivity index is -0.000000239. The lowest BCUT2D eigenvalue weighted by molar-refractivity contribution is -0.136. The summed E-state index contributed by atoms with van der Waals surface area (Å²) in [6.07, 6.45) is 0.222. The van der Waals surface area contributed by atoms with Crippen LogP contribution in [0.15, 0.2) is 0 Å². The Labute approximate surface area is 131 Å². The fraction of sp³-hybridized carbons (Fsp3) is 0.545. The lowest BCUT2D eigenvalue weighted by atomic mass is 10.5. The van der Waals surface area contributed by atoms with Gasteiger partial charge in [0.15, 0.2) is 10.2 Å². The second-order valence-electron chi connectivity index (χ2n) is 3.24. The molecule has 122 valence electrons. The number of rotatable bonds is 5. The first kappa shape index (κ1) is 24.5. The van der Waals surface area contributed by atoms with Crippen LogP contribution in [0.1, 0.15) is 27.2 Å². The van der Waals surface area contributed by atoms with Gasteiger partial charge in [0.2, 0.25) is 11.8 Å². The summed E-state index contributed by atoms with van der Waals surface area (Å²) in [5.74, 6) is -1.47. The summed E-state index contributed by atoms with van der Waals surface area (Å²) >= 11 is 1.85. The van der Waals surface area contributed by atoms with Crippen molar-refractivity contribution in [2.75, 3.05) is 11.5 Å². The molecule has 0 saturated carbocycles. The highest BCUT2D eigenvalue weighted by atomic mass is 32.2. The van der Waals surface area contributed by atoms with Crippen molar-refractivity contribution < 1.29 is 29.1 Å². The van der Waals surface area contributed by atoms with E-state index < -0.39 is 17.8 Å². The highest BCUT2D eigenvalue weighted by molar-refractivity contribution is 8.14. The molecule has 0 spiro atoms. The van der Waals surface area contributed by atoms with Gasteiger partial charge in [-0.2, -0.15) is 0 Å². The van der Waals surface area contributed by atoms with E-state index in [1.807, 2.05) is 0 Å². The molecule has 0 aliphatic carbocycles. The highest BCUT2D eigenvalue weighted by Gasteiger charge is 1.96. The third-order valence-corrected chi connectivity index (χ3v) is 2.81. The van der Waals surface area contributed by atoms with E-state index in [-0.39, 0.29) is 28.2 Å². The summed E-state index contributed by atoms with van der Waals surface area (Å²) in [6, 6.07) is 0. The number of primary amides is 2. The zero-order valence-electron chi connectivity index (χ0n) is 12.1. The van der Waals surface area contributed by atoms with Crippen molar-refractivity contribution in [3.8, 4) is 0 Å². The van der Waals surface area contributed by atoms with Gasteiger partial charge in [0.25, 0.3) is 0 Å². The molecule has 0 fully saturated rings. The second-order valence-corrected chi connectivity index (χ2v) is 5.54. The molecule has 0 unspecified atom stereocenters. The quantitative estimate of drug-likeness (QED) is 0.630. The molecule has 0 heterocycles. The number of aliphatic carboxylic acids is 1. The number of thioether (sulfide) groups is 2. The molecule has 0 rings (SSSR count). The van der Waals surface area contributed by atoms with Gasteiger partial charge in [-0.1, -0.05) is 30.4 Å². The summed E-state index contributed by atoms with van der Waals surface area (Å²) in [6.45, 7) is 4.39. The van der Waals surface area contributed by atoms with Gasteiger partial charge in [-0.15, -0.1) is 0 Å². The van der Waals surface area contributed by atoms with Crippen LogP contribution in [0.5, 0.6) is 0 Å². The average Bonchev–Trinajstić information content (AvgIpc) is 2.35. The van der Waals surface area contributed by atoms with Crippen molar-refractivity contribution in [1.29, 1.82) is 0 Å². The van der Waals surface area contributed by atoms with Gasteiger partial charge in [0.05, 0.1) is 11.5 Å². The molecule has 2 amide bonds. The third-order valence-electron chi connectivity index (χ3n) is 1.14. The van der Waals surface area contributed by atoms with E-state index in [0.29, 0.717) is 0 Å². The zero-order valence-corrected chi connectivity index (χ0v) is 13.7. The molecule has 0 aliphatic heterocycles. The molecule has 21 heavy (non-hydrogen) atoms. The fourth-order valence-electron chi connectivity index (χ4n) is 0.346. The maximum atomic E-state index is 10.1. The summed E-state index contributed by atoms with van der Waals surface area (Å²) in [4.78, 5) is 49.5. The largest absolute Gasteiger partial charge is 0.481 e. The number of amides is 2. The smallest absolute Gasteiger partial charge is 0.303 e. The zero-order chi connectivity index (χ0) is 17.4. The van der Waals surface area contributed by atoms with Gasteiger partial charge in [0, 0.05) is 20.3 Å². The summed E-state index contributed by atoms with van der Waals surface area (Å²) in [7, 11) is 0. The van der Waals surface area contributed by atoms with Crippen LogP contribution in [0.25, 0.3) is 0 Å². The molecule has 0 radical (unpaired) electrons. The molecule has 0 saturated heterocycles. The predicted octanol–water partition coefficient (Wildman–Crippen LogP) is -0.0162. The highest BCUT2D eigenvalue weighted by Crippen LogP contribution is 1.98. The van der Waals surface area contributed by atoms with E-state index in [2.05, 4.69) is 0 Å². The normalized spacial score (nSPS) is 8.33. The van der Waals surface area contributed by atoms with E-state index in [0.717, 1.165) is 23.5 Å². The first-order chi connectivity index (χ1) is 9.52. The lowest BCUT2D eigenvalue weighted by Gasteiger charge is -1.87. The monoisotopic (exact) mass is 340 g/mol. The second kappa shape index (κ2) is 16.5. The lowest BCUT2D eigenvalue weighted by Crippen LogP contribution is -2.13. The van der Waals surface area contributed by atoms with Crippen molar-refractivity contribution in [2.24, 2.45) is 11.5 Å². The van der Waals surface area contributed by atoms with Crippen molar-refractivity contribution in [2.45, 2.75) is 27.2 Å². The number of carbonyl (C=O) groups is 5. The molecule has 0 bridgehead atoms. The molecule has 0 aromatic rings. The van der Waals surface area contributed by atoms with E-state index in [4.69, 9.17) is 16.6 Å². The van der Waals surface area contributed by atoms with Crippen LogP contribution in [0.4, 0.5) is 0 Å². The minimum atomic E-state index is -0.745. The number of hydrogen-bond donors (Lipinski definition) is 3. The molecule has 0 aromatic carbocycles. The molecule has 0 aliphatic rings. The van der Waals surface area contributed by atoms with Gasteiger partial charge in [-0.05, 0) is 0 Å². The molecular weight excluding hydrogens is 320 g/mol. The van der Waals surface area contributed by atoms with Crippen LogP contribution in [-0.2, 0) is 24.0 Å².